The van der Waals surface area contributed by atoms with Gasteiger partial charge in [-0.15, -0.1) is 5.10 Å². The number of nitrogens with two attached hydrogens (primary N) is 1. The van der Waals surface area contributed by atoms with Crippen molar-refractivity contribution in [3.63, 3.8) is 0 Å². The van der Waals surface area contributed by atoms with Crippen LogP contribution in [0.15, 0.2) is 35.5 Å². The van der Waals surface area contributed by atoms with Gasteiger partial charge in [-0.25, -0.2) is 22.8 Å². The zero-order valence-electron chi connectivity index (χ0n) is 9.03. The molecule has 0 saturated carbocycles. The first-order chi connectivity index (χ1) is 8.04. The number of rotatable bonds is 3. The van der Waals surface area contributed by atoms with Crippen molar-refractivity contribution in [2.24, 2.45) is 0 Å². The van der Waals surface area contributed by atoms with Crippen LogP contribution in [0, 0.1) is 0 Å². The molecule has 0 radical (unpaired) electrons. The third-order valence-electron chi connectivity index (χ3n) is 2.18. The molecule has 3 N–H and O–H groups in total. The summed E-state index contributed by atoms with van der Waals surface area (Å²) in [7, 11) is -2.20. The number of hydrogen-bond acceptors (Lipinski definition) is 5. The van der Waals surface area contributed by atoms with Crippen molar-refractivity contribution in [2.75, 3.05) is 12.8 Å². The highest BCUT2D eigenvalue weighted by molar-refractivity contribution is 7.89. The van der Waals surface area contributed by atoms with Crippen LogP contribution in [0.5, 0.6) is 0 Å². The molecule has 0 unspecified atom stereocenters. The summed E-state index contributed by atoms with van der Waals surface area (Å²) in [6.07, 6.45) is 1.36. The zero-order valence-corrected chi connectivity index (χ0v) is 9.85. The van der Waals surface area contributed by atoms with Crippen molar-refractivity contribution in [1.82, 2.24) is 19.5 Å². The molecule has 1 aromatic carbocycles. The van der Waals surface area contributed by atoms with Crippen LogP contribution in [0.25, 0.3) is 5.69 Å². The second-order valence-corrected chi connectivity index (χ2v) is 5.08. The van der Waals surface area contributed by atoms with Crippen LogP contribution in [0.4, 0.5) is 5.95 Å². The van der Waals surface area contributed by atoms with Gasteiger partial charge >= 0.3 is 0 Å². The van der Waals surface area contributed by atoms with E-state index in [2.05, 4.69) is 14.8 Å². The molecule has 0 saturated heterocycles. The SMILES string of the molecule is CNS(=O)(=O)c1ccccc1-n1cnc(N)n1. The van der Waals surface area contributed by atoms with E-state index in [0.29, 0.717) is 5.69 Å². The lowest BCUT2D eigenvalue weighted by Gasteiger charge is -2.08. The number of nitrogens with one attached hydrogen (secondary N) is 1. The first-order valence-electron chi connectivity index (χ1n) is 4.74. The summed E-state index contributed by atoms with van der Waals surface area (Å²) in [5.41, 5.74) is 5.79. The van der Waals surface area contributed by atoms with Gasteiger partial charge in [-0.3, -0.25) is 0 Å². The molecule has 90 valence electrons. The highest BCUT2D eigenvalue weighted by atomic mass is 32.2. The topological polar surface area (TPSA) is 103 Å². The van der Waals surface area contributed by atoms with Gasteiger partial charge in [0.05, 0.1) is 5.69 Å². The molecule has 0 aliphatic heterocycles. The standard InChI is InChI=1S/C9H11N5O2S/c1-11-17(15,16)8-5-3-2-4-7(8)14-6-12-9(10)13-14/h2-6,11H,1H3,(H2,10,13). The minimum Gasteiger partial charge on any atom is -0.366 e. The highest BCUT2D eigenvalue weighted by Gasteiger charge is 2.17. The van der Waals surface area contributed by atoms with Gasteiger partial charge in [-0.2, -0.15) is 0 Å². The van der Waals surface area contributed by atoms with Crippen LogP contribution >= 0.6 is 0 Å². The van der Waals surface area contributed by atoms with E-state index in [-0.39, 0.29) is 10.8 Å². The van der Waals surface area contributed by atoms with Gasteiger partial charge in [0.15, 0.2) is 0 Å². The summed E-state index contributed by atoms with van der Waals surface area (Å²) in [6.45, 7) is 0. The molecule has 1 aromatic heterocycles. The van der Waals surface area contributed by atoms with Crippen LogP contribution in [-0.2, 0) is 10.0 Å². The fraction of sp³-hybridized carbons (Fsp3) is 0.111. The second-order valence-electron chi connectivity index (χ2n) is 3.22. The minimum absolute atomic E-state index is 0.0849. The van der Waals surface area contributed by atoms with Gasteiger partial charge in [-0.1, -0.05) is 12.1 Å². The first-order valence-corrected chi connectivity index (χ1v) is 6.23. The number of sulfonamides is 1. The molecule has 2 aromatic rings. The fourth-order valence-corrected chi connectivity index (χ4v) is 2.29. The Labute approximate surface area is 98.3 Å². The summed E-state index contributed by atoms with van der Waals surface area (Å²) in [4.78, 5) is 3.87. The Morgan fingerprint density at radius 1 is 1.35 bits per heavy atom. The number of hydrogen-bond donors (Lipinski definition) is 2. The highest BCUT2D eigenvalue weighted by Crippen LogP contribution is 2.18. The van der Waals surface area contributed by atoms with Crippen molar-refractivity contribution in [2.45, 2.75) is 4.90 Å². The summed E-state index contributed by atoms with van der Waals surface area (Å²) >= 11 is 0. The predicted molar refractivity (Wildman–Crippen MR) is 62.0 cm³/mol. The number of nitrogens with zero attached hydrogens (tertiary/aromatic N) is 3. The molecule has 1 heterocycles. The molecule has 0 fully saturated rings. The van der Waals surface area contributed by atoms with Crippen molar-refractivity contribution < 1.29 is 8.42 Å². The van der Waals surface area contributed by atoms with Gasteiger partial charge in [0.1, 0.15) is 11.2 Å². The van der Waals surface area contributed by atoms with E-state index in [9.17, 15) is 8.42 Å². The van der Waals surface area contributed by atoms with E-state index in [0.717, 1.165) is 0 Å². The van der Waals surface area contributed by atoms with Crippen LogP contribution in [0.3, 0.4) is 0 Å². The molecule has 0 atom stereocenters. The Morgan fingerprint density at radius 3 is 2.65 bits per heavy atom. The molecule has 17 heavy (non-hydrogen) atoms. The quantitative estimate of drug-likeness (QED) is 0.785. The Bertz CT molecular complexity index is 634. The minimum atomic E-state index is -3.55. The molecule has 0 bridgehead atoms. The van der Waals surface area contributed by atoms with Crippen molar-refractivity contribution in [3.05, 3.63) is 30.6 Å². The third kappa shape index (κ3) is 2.12. The molecule has 0 spiro atoms. The maximum absolute atomic E-state index is 11.8. The molecule has 0 aliphatic rings. The summed E-state index contributed by atoms with van der Waals surface area (Å²) in [6, 6.07) is 6.45. The van der Waals surface area contributed by atoms with E-state index in [1.165, 1.54) is 24.1 Å². The summed E-state index contributed by atoms with van der Waals surface area (Å²) in [5.74, 6) is 0.0849. The van der Waals surface area contributed by atoms with Gasteiger partial charge in [-0.05, 0) is 19.2 Å². The van der Waals surface area contributed by atoms with Gasteiger partial charge in [0.25, 0.3) is 0 Å². The van der Waals surface area contributed by atoms with E-state index in [4.69, 9.17) is 5.73 Å². The van der Waals surface area contributed by atoms with E-state index in [1.807, 2.05) is 0 Å². The van der Waals surface area contributed by atoms with Crippen LogP contribution in [-0.4, -0.2) is 30.2 Å². The fourth-order valence-electron chi connectivity index (χ4n) is 1.38. The lowest BCUT2D eigenvalue weighted by molar-refractivity contribution is 0.587. The Balaban J connectivity index is 2.64. The smallest absolute Gasteiger partial charge is 0.242 e. The van der Waals surface area contributed by atoms with E-state index < -0.39 is 10.0 Å². The van der Waals surface area contributed by atoms with Crippen molar-refractivity contribution >= 4 is 16.0 Å². The average Bonchev–Trinajstić information content (AvgIpc) is 2.76. The van der Waals surface area contributed by atoms with Crippen LogP contribution < -0.4 is 10.5 Å². The largest absolute Gasteiger partial charge is 0.366 e. The molecule has 2 rings (SSSR count). The Kier molecular flexibility index (Phi) is 2.82. The van der Waals surface area contributed by atoms with Crippen LogP contribution in [0.2, 0.25) is 0 Å². The molecule has 0 amide bonds. The van der Waals surface area contributed by atoms with Crippen LogP contribution in [0.1, 0.15) is 0 Å². The van der Waals surface area contributed by atoms with Crippen molar-refractivity contribution in [1.29, 1.82) is 0 Å². The second kappa shape index (κ2) is 4.15. The molecule has 0 aliphatic carbocycles. The van der Waals surface area contributed by atoms with Gasteiger partial charge in [0.2, 0.25) is 16.0 Å². The summed E-state index contributed by atoms with van der Waals surface area (Å²) < 4.78 is 27.2. The Hall–Kier alpha value is -1.93. The van der Waals surface area contributed by atoms with E-state index in [1.54, 1.807) is 18.2 Å². The monoisotopic (exact) mass is 253 g/mol. The molecular weight excluding hydrogens is 242 g/mol. The van der Waals surface area contributed by atoms with Gasteiger partial charge in [0, 0.05) is 0 Å². The maximum Gasteiger partial charge on any atom is 0.242 e. The Morgan fingerprint density at radius 2 is 2.06 bits per heavy atom. The lowest BCUT2D eigenvalue weighted by Crippen LogP contribution is -2.20. The predicted octanol–water partition coefficient (Wildman–Crippen LogP) is -0.242. The molecule has 7 nitrogen and oxygen atoms in total. The zero-order chi connectivity index (χ0) is 12.5. The number of benzene rings is 1. The lowest BCUT2D eigenvalue weighted by atomic mass is 10.3. The summed E-state index contributed by atoms with van der Waals surface area (Å²) in [5, 5.41) is 3.88. The van der Waals surface area contributed by atoms with Gasteiger partial charge < -0.3 is 5.73 Å². The van der Waals surface area contributed by atoms with E-state index >= 15 is 0 Å². The third-order valence-corrected chi connectivity index (χ3v) is 3.64. The number of aromatic nitrogens is 3. The first kappa shape index (κ1) is 11.6. The van der Waals surface area contributed by atoms with Crippen molar-refractivity contribution in [3.8, 4) is 5.69 Å². The molecular formula is C9H11N5O2S. The average molecular weight is 253 g/mol. The normalized spacial score (nSPS) is 11.6. The number of anilines is 1. The number of nitrogen functional groups attached to an aromatic ring is 1. The number of para-hydroxylation sites is 1. The molecule has 8 heteroatoms. The maximum atomic E-state index is 11.8.